The Labute approximate surface area is 122 Å². The van der Waals surface area contributed by atoms with Crippen LogP contribution in [-0.4, -0.2) is 24.2 Å². The molecule has 1 aromatic rings. The summed E-state index contributed by atoms with van der Waals surface area (Å²) in [6.45, 7) is 3.03. The van der Waals surface area contributed by atoms with E-state index in [1.807, 2.05) is 18.2 Å². The van der Waals surface area contributed by atoms with Gasteiger partial charge < -0.3 is 10.4 Å². The zero-order valence-corrected chi connectivity index (χ0v) is 12.5. The first-order chi connectivity index (χ1) is 9.76. The van der Waals surface area contributed by atoms with E-state index in [9.17, 15) is 4.79 Å². The van der Waals surface area contributed by atoms with Gasteiger partial charge >= 0.3 is 0 Å². The zero-order valence-electron chi connectivity index (χ0n) is 12.5. The number of rotatable bonds is 10. The van der Waals surface area contributed by atoms with E-state index in [1.165, 1.54) is 5.56 Å². The van der Waals surface area contributed by atoms with E-state index in [0.717, 1.165) is 32.1 Å². The lowest BCUT2D eigenvalue weighted by atomic mass is 10.00. The van der Waals surface area contributed by atoms with Crippen LogP contribution in [0.5, 0.6) is 0 Å². The van der Waals surface area contributed by atoms with E-state index in [0.29, 0.717) is 18.9 Å². The van der Waals surface area contributed by atoms with E-state index < -0.39 is 0 Å². The topological polar surface area (TPSA) is 49.3 Å². The summed E-state index contributed by atoms with van der Waals surface area (Å²) in [6, 6.07) is 10.2. The Balaban J connectivity index is 2.16. The van der Waals surface area contributed by atoms with Gasteiger partial charge in [0.05, 0.1) is 0 Å². The van der Waals surface area contributed by atoms with Crippen LogP contribution in [0, 0.1) is 5.92 Å². The molecule has 0 aliphatic rings. The molecule has 0 fully saturated rings. The van der Waals surface area contributed by atoms with E-state index in [2.05, 4.69) is 24.4 Å². The highest BCUT2D eigenvalue weighted by molar-refractivity contribution is 5.75. The average Bonchev–Trinajstić information content (AvgIpc) is 2.46. The van der Waals surface area contributed by atoms with Crippen LogP contribution in [0.3, 0.4) is 0 Å². The highest BCUT2D eigenvalue weighted by Gasteiger charge is 2.09. The molecule has 1 amide bonds. The third-order valence-electron chi connectivity index (χ3n) is 3.53. The second-order valence-electron chi connectivity index (χ2n) is 5.31. The van der Waals surface area contributed by atoms with E-state index in [1.54, 1.807) is 0 Å². The minimum Gasteiger partial charge on any atom is -0.396 e. The van der Waals surface area contributed by atoms with Gasteiger partial charge in [-0.25, -0.2) is 0 Å². The van der Waals surface area contributed by atoms with Gasteiger partial charge in [-0.05, 0) is 37.2 Å². The Kier molecular flexibility index (Phi) is 8.72. The third-order valence-corrected chi connectivity index (χ3v) is 3.53. The fourth-order valence-electron chi connectivity index (χ4n) is 2.38. The zero-order chi connectivity index (χ0) is 14.6. The number of carbonyl (C=O) groups excluding carboxylic acids is 1. The van der Waals surface area contributed by atoms with E-state index in [4.69, 9.17) is 5.11 Å². The number of hydrogen-bond acceptors (Lipinski definition) is 2. The Morgan fingerprint density at radius 3 is 2.65 bits per heavy atom. The van der Waals surface area contributed by atoms with Crippen LogP contribution in [0.15, 0.2) is 30.3 Å². The van der Waals surface area contributed by atoms with Crippen LogP contribution in [0.1, 0.15) is 44.6 Å². The summed E-state index contributed by atoms with van der Waals surface area (Å²) >= 11 is 0. The summed E-state index contributed by atoms with van der Waals surface area (Å²) in [6.07, 6.45) is 5.34. The molecule has 0 saturated heterocycles. The lowest BCUT2D eigenvalue weighted by molar-refractivity contribution is -0.121. The maximum Gasteiger partial charge on any atom is 0.220 e. The minimum absolute atomic E-state index is 0.125. The lowest BCUT2D eigenvalue weighted by Gasteiger charge is -2.15. The molecular formula is C17H27NO2. The summed E-state index contributed by atoms with van der Waals surface area (Å²) in [5.74, 6) is 0.531. The predicted molar refractivity (Wildman–Crippen MR) is 82.5 cm³/mol. The molecule has 1 aromatic carbocycles. The molecule has 3 heteroatoms. The largest absolute Gasteiger partial charge is 0.396 e. The van der Waals surface area contributed by atoms with E-state index in [-0.39, 0.29) is 12.5 Å². The summed E-state index contributed by atoms with van der Waals surface area (Å²) in [7, 11) is 0. The number of benzene rings is 1. The number of hydrogen-bond donors (Lipinski definition) is 2. The lowest BCUT2D eigenvalue weighted by Crippen LogP contribution is -2.29. The Morgan fingerprint density at radius 2 is 2.00 bits per heavy atom. The van der Waals surface area contributed by atoms with E-state index >= 15 is 0 Å². The van der Waals surface area contributed by atoms with Gasteiger partial charge in [0.1, 0.15) is 0 Å². The average molecular weight is 277 g/mol. The molecule has 20 heavy (non-hydrogen) atoms. The molecule has 1 rings (SSSR count). The third kappa shape index (κ3) is 7.29. The number of amides is 1. The number of aryl methyl sites for hydroxylation is 1. The van der Waals surface area contributed by atoms with Crippen molar-refractivity contribution in [1.29, 1.82) is 0 Å². The molecule has 3 nitrogen and oxygen atoms in total. The maximum absolute atomic E-state index is 11.8. The van der Waals surface area contributed by atoms with Crippen molar-refractivity contribution in [2.75, 3.05) is 13.2 Å². The molecule has 0 spiro atoms. The van der Waals surface area contributed by atoms with Gasteiger partial charge in [0, 0.05) is 19.6 Å². The van der Waals surface area contributed by atoms with Crippen LogP contribution >= 0.6 is 0 Å². The number of nitrogens with one attached hydrogen (secondary N) is 1. The van der Waals surface area contributed by atoms with Gasteiger partial charge in [-0.1, -0.05) is 43.7 Å². The number of carbonyl (C=O) groups is 1. The molecule has 0 aliphatic heterocycles. The molecule has 0 aliphatic carbocycles. The van der Waals surface area contributed by atoms with Crippen LogP contribution in [0.2, 0.25) is 0 Å². The van der Waals surface area contributed by atoms with Crippen molar-refractivity contribution >= 4 is 5.91 Å². The SMILES string of the molecule is CCCC(CCO)CNC(=O)CCCc1ccccc1. The molecular weight excluding hydrogens is 250 g/mol. The first-order valence-electron chi connectivity index (χ1n) is 7.67. The van der Waals surface area contributed by atoms with Gasteiger partial charge in [-0.2, -0.15) is 0 Å². The van der Waals surface area contributed by atoms with Gasteiger partial charge in [0.2, 0.25) is 5.91 Å². The van der Waals surface area contributed by atoms with Gasteiger partial charge in [0.15, 0.2) is 0 Å². The van der Waals surface area contributed by atoms with Crippen molar-refractivity contribution in [3.05, 3.63) is 35.9 Å². The highest BCUT2D eigenvalue weighted by Crippen LogP contribution is 2.10. The predicted octanol–water partition coefficient (Wildman–Crippen LogP) is 2.92. The summed E-state index contributed by atoms with van der Waals surface area (Å²) in [5, 5.41) is 12.0. The molecule has 0 bridgehead atoms. The van der Waals surface area contributed by atoms with Crippen molar-refractivity contribution in [3.63, 3.8) is 0 Å². The van der Waals surface area contributed by atoms with Crippen LogP contribution < -0.4 is 5.32 Å². The smallest absolute Gasteiger partial charge is 0.220 e. The quantitative estimate of drug-likeness (QED) is 0.691. The van der Waals surface area contributed by atoms with Crippen LogP contribution in [0.4, 0.5) is 0 Å². The molecule has 0 radical (unpaired) electrons. The molecule has 0 saturated carbocycles. The second kappa shape index (κ2) is 10.4. The summed E-state index contributed by atoms with van der Waals surface area (Å²) < 4.78 is 0. The molecule has 1 atom stereocenters. The molecule has 0 heterocycles. The fourth-order valence-corrected chi connectivity index (χ4v) is 2.38. The number of aliphatic hydroxyl groups is 1. The van der Waals surface area contributed by atoms with Crippen molar-refractivity contribution < 1.29 is 9.90 Å². The Bertz CT molecular complexity index is 359. The summed E-state index contributed by atoms with van der Waals surface area (Å²) in [4.78, 5) is 11.8. The Morgan fingerprint density at radius 1 is 1.25 bits per heavy atom. The highest BCUT2D eigenvalue weighted by atomic mass is 16.3. The molecule has 0 aromatic heterocycles. The molecule has 2 N–H and O–H groups in total. The maximum atomic E-state index is 11.8. The van der Waals surface area contributed by atoms with Gasteiger partial charge in [-0.15, -0.1) is 0 Å². The van der Waals surface area contributed by atoms with Gasteiger partial charge in [-0.3, -0.25) is 4.79 Å². The van der Waals surface area contributed by atoms with Crippen molar-refractivity contribution in [3.8, 4) is 0 Å². The molecule has 1 unspecified atom stereocenters. The second-order valence-corrected chi connectivity index (χ2v) is 5.31. The molecule has 112 valence electrons. The van der Waals surface area contributed by atoms with Crippen molar-refractivity contribution in [2.24, 2.45) is 5.92 Å². The monoisotopic (exact) mass is 277 g/mol. The standard InChI is InChI=1S/C17H27NO2/c1-2-7-16(12-13-19)14-18-17(20)11-6-10-15-8-4-3-5-9-15/h3-5,8-9,16,19H,2,6-7,10-14H2,1H3,(H,18,20). The fraction of sp³-hybridized carbons (Fsp3) is 0.588. The summed E-state index contributed by atoms with van der Waals surface area (Å²) in [5.41, 5.74) is 1.28. The van der Waals surface area contributed by atoms with Gasteiger partial charge in [0.25, 0.3) is 0 Å². The number of aliphatic hydroxyl groups excluding tert-OH is 1. The normalized spacial score (nSPS) is 12.1. The van der Waals surface area contributed by atoms with Crippen LogP contribution in [-0.2, 0) is 11.2 Å². The first kappa shape index (κ1) is 16.7. The minimum atomic E-state index is 0.125. The van der Waals surface area contributed by atoms with Crippen molar-refractivity contribution in [2.45, 2.75) is 45.4 Å². The van der Waals surface area contributed by atoms with Crippen LogP contribution in [0.25, 0.3) is 0 Å². The Hall–Kier alpha value is -1.35. The van der Waals surface area contributed by atoms with Crippen molar-refractivity contribution in [1.82, 2.24) is 5.32 Å². The first-order valence-corrected chi connectivity index (χ1v) is 7.67.